The SMILES string of the molecule is CC1=NCc2ccc(-c3cccc(C(=O)NC(CNC(=O)OC(C)(C)C)c4cccc(OC5CC5)c4)c3)cc21. The smallest absolute Gasteiger partial charge is 0.407 e. The van der Waals surface area contributed by atoms with Crippen LogP contribution in [0, 0.1) is 0 Å². The average Bonchev–Trinajstić information content (AvgIpc) is 3.65. The first-order chi connectivity index (χ1) is 18.6. The molecule has 0 aromatic heterocycles. The highest BCUT2D eigenvalue weighted by Gasteiger charge is 2.25. The number of benzene rings is 3. The highest BCUT2D eigenvalue weighted by molar-refractivity contribution is 6.03. The Balaban J connectivity index is 1.35. The van der Waals surface area contributed by atoms with Crippen molar-refractivity contribution in [3.63, 3.8) is 0 Å². The fourth-order valence-electron chi connectivity index (χ4n) is 4.54. The lowest BCUT2D eigenvalue weighted by Crippen LogP contribution is -2.40. The molecule has 2 N–H and O–H groups in total. The van der Waals surface area contributed by atoms with Crippen molar-refractivity contribution in [2.24, 2.45) is 4.99 Å². The van der Waals surface area contributed by atoms with Crippen molar-refractivity contribution in [1.82, 2.24) is 10.6 Å². The molecule has 2 amide bonds. The van der Waals surface area contributed by atoms with Gasteiger partial charge in [0, 0.05) is 23.4 Å². The second-order valence-electron chi connectivity index (χ2n) is 11.2. The molecule has 1 heterocycles. The van der Waals surface area contributed by atoms with Gasteiger partial charge < -0.3 is 20.1 Å². The number of nitrogens with one attached hydrogen (secondary N) is 2. The van der Waals surface area contributed by atoms with E-state index < -0.39 is 17.7 Å². The zero-order valence-corrected chi connectivity index (χ0v) is 22.9. The van der Waals surface area contributed by atoms with Crippen molar-refractivity contribution in [1.29, 1.82) is 0 Å². The van der Waals surface area contributed by atoms with E-state index in [0.29, 0.717) is 5.56 Å². The maximum atomic E-state index is 13.5. The number of rotatable bonds is 8. The standard InChI is InChI=1S/C32H35N3O4/c1-20-28-17-22(11-12-25(28)18-33-20)21-7-5-9-24(15-21)30(36)35-29(19-34-31(37)39-32(2,3)4)23-8-6-10-27(16-23)38-26-13-14-26/h5-12,15-17,26,29H,13-14,18-19H2,1-4H3,(H,34,37)(H,35,36). The van der Waals surface area contributed by atoms with Gasteiger partial charge in [0.05, 0.1) is 18.7 Å². The minimum atomic E-state index is -0.622. The molecular weight excluding hydrogens is 490 g/mol. The summed E-state index contributed by atoms with van der Waals surface area (Å²) in [6.07, 6.45) is 1.82. The molecule has 7 heteroatoms. The van der Waals surface area contributed by atoms with Crippen LogP contribution in [0.15, 0.2) is 71.7 Å². The Morgan fingerprint density at radius 3 is 2.54 bits per heavy atom. The summed E-state index contributed by atoms with van der Waals surface area (Å²) in [5.41, 5.74) is 6.15. The summed E-state index contributed by atoms with van der Waals surface area (Å²) < 4.78 is 11.4. The molecule has 3 aromatic rings. The number of aliphatic imine (C=N–C) groups is 1. The molecule has 7 nitrogen and oxygen atoms in total. The molecule has 1 saturated carbocycles. The molecule has 1 aliphatic heterocycles. The fourth-order valence-corrected chi connectivity index (χ4v) is 4.54. The van der Waals surface area contributed by atoms with Gasteiger partial charge in [-0.2, -0.15) is 0 Å². The van der Waals surface area contributed by atoms with Crippen LogP contribution in [0.5, 0.6) is 5.75 Å². The Morgan fingerprint density at radius 2 is 1.77 bits per heavy atom. The van der Waals surface area contributed by atoms with E-state index in [1.54, 1.807) is 6.07 Å². The summed E-state index contributed by atoms with van der Waals surface area (Å²) in [4.78, 5) is 30.4. The minimum absolute atomic E-state index is 0.163. The number of amides is 2. The minimum Gasteiger partial charge on any atom is -0.490 e. The van der Waals surface area contributed by atoms with Crippen molar-refractivity contribution in [3.05, 3.63) is 89.0 Å². The zero-order chi connectivity index (χ0) is 27.6. The van der Waals surface area contributed by atoms with Crippen LogP contribution in [0.25, 0.3) is 11.1 Å². The van der Waals surface area contributed by atoms with E-state index in [0.717, 1.165) is 53.1 Å². The zero-order valence-electron chi connectivity index (χ0n) is 22.9. The lowest BCUT2D eigenvalue weighted by Gasteiger charge is -2.23. The van der Waals surface area contributed by atoms with Gasteiger partial charge in [-0.3, -0.25) is 9.79 Å². The summed E-state index contributed by atoms with van der Waals surface area (Å²) in [7, 11) is 0. The molecule has 0 bridgehead atoms. The van der Waals surface area contributed by atoms with Gasteiger partial charge in [-0.15, -0.1) is 0 Å². The van der Waals surface area contributed by atoms with Crippen molar-refractivity contribution in [3.8, 4) is 16.9 Å². The highest BCUT2D eigenvalue weighted by Crippen LogP contribution is 2.29. The van der Waals surface area contributed by atoms with Gasteiger partial charge in [0.2, 0.25) is 0 Å². The second-order valence-corrected chi connectivity index (χ2v) is 11.2. The Hall–Kier alpha value is -4.13. The molecule has 39 heavy (non-hydrogen) atoms. The first kappa shape index (κ1) is 26.5. The fraction of sp³-hybridized carbons (Fsp3) is 0.344. The normalized spacial score (nSPS) is 15.1. The van der Waals surface area contributed by atoms with Crippen LogP contribution in [-0.4, -0.2) is 36.0 Å². The van der Waals surface area contributed by atoms with Crippen LogP contribution >= 0.6 is 0 Å². The molecular formula is C32H35N3O4. The van der Waals surface area contributed by atoms with Crippen LogP contribution in [0.3, 0.4) is 0 Å². The highest BCUT2D eigenvalue weighted by atomic mass is 16.6. The molecule has 0 radical (unpaired) electrons. The topological polar surface area (TPSA) is 89.0 Å². The van der Waals surface area contributed by atoms with Gasteiger partial charge in [-0.25, -0.2) is 4.79 Å². The van der Waals surface area contributed by atoms with E-state index >= 15 is 0 Å². The van der Waals surface area contributed by atoms with E-state index in [-0.39, 0.29) is 18.6 Å². The van der Waals surface area contributed by atoms with Crippen LogP contribution in [0.1, 0.15) is 73.6 Å². The molecule has 3 aromatic carbocycles. The van der Waals surface area contributed by atoms with Crippen molar-refractivity contribution >= 4 is 17.7 Å². The van der Waals surface area contributed by atoms with Crippen LogP contribution in [0.4, 0.5) is 4.79 Å². The number of carbonyl (C=O) groups excluding carboxylic acids is 2. The quantitative estimate of drug-likeness (QED) is 0.366. The van der Waals surface area contributed by atoms with Crippen molar-refractivity contribution in [2.75, 3.05) is 6.54 Å². The van der Waals surface area contributed by atoms with Gasteiger partial charge in [0.25, 0.3) is 5.91 Å². The number of carbonyl (C=O) groups is 2. The third-order valence-corrected chi connectivity index (χ3v) is 6.69. The monoisotopic (exact) mass is 525 g/mol. The molecule has 1 aliphatic carbocycles. The second kappa shape index (κ2) is 10.9. The first-order valence-electron chi connectivity index (χ1n) is 13.4. The number of alkyl carbamates (subject to hydrolysis) is 1. The van der Waals surface area contributed by atoms with E-state index in [2.05, 4.69) is 33.8 Å². The van der Waals surface area contributed by atoms with Gasteiger partial charge >= 0.3 is 6.09 Å². The summed E-state index contributed by atoms with van der Waals surface area (Å²) in [6, 6.07) is 21.1. The van der Waals surface area contributed by atoms with Crippen LogP contribution in [-0.2, 0) is 11.3 Å². The number of hydrogen-bond acceptors (Lipinski definition) is 5. The van der Waals surface area contributed by atoms with Gasteiger partial charge in [-0.1, -0.05) is 36.4 Å². The Bertz CT molecular complexity index is 1420. The maximum Gasteiger partial charge on any atom is 0.407 e. The van der Waals surface area contributed by atoms with Crippen molar-refractivity contribution in [2.45, 2.75) is 64.8 Å². The van der Waals surface area contributed by atoms with E-state index in [1.807, 2.05) is 70.2 Å². The molecule has 202 valence electrons. The van der Waals surface area contributed by atoms with Gasteiger partial charge in [0.1, 0.15) is 11.4 Å². The van der Waals surface area contributed by atoms with E-state index in [9.17, 15) is 9.59 Å². The summed E-state index contributed by atoms with van der Waals surface area (Å²) in [6.45, 7) is 8.34. The average molecular weight is 526 g/mol. The molecule has 1 atom stereocenters. The van der Waals surface area contributed by atoms with E-state index in [4.69, 9.17) is 9.47 Å². The van der Waals surface area contributed by atoms with Crippen LogP contribution in [0.2, 0.25) is 0 Å². The maximum absolute atomic E-state index is 13.5. The third-order valence-electron chi connectivity index (χ3n) is 6.69. The first-order valence-corrected chi connectivity index (χ1v) is 13.4. The molecule has 1 fully saturated rings. The largest absolute Gasteiger partial charge is 0.490 e. The summed E-state index contributed by atoms with van der Waals surface area (Å²) in [5.74, 6) is 0.518. The van der Waals surface area contributed by atoms with Crippen molar-refractivity contribution < 1.29 is 19.1 Å². The molecule has 1 unspecified atom stereocenters. The molecule has 0 saturated heterocycles. The molecule has 0 spiro atoms. The number of ether oxygens (including phenoxy) is 2. The van der Waals surface area contributed by atoms with Crippen LogP contribution < -0.4 is 15.4 Å². The number of hydrogen-bond donors (Lipinski definition) is 2. The lowest BCUT2D eigenvalue weighted by molar-refractivity contribution is 0.0520. The lowest BCUT2D eigenvalue weighted by atomic mass is 9.97. The molecule has 5 rings (SSSR count). The van der Waals surface area contributed by atoms with E-state index in [1.165, 1.54) is 5.56 Å². The molecule has 2 aliphatic rings. The Labute approximate surface area is 229 Å². The predicted molar refractivity (Wildman–Crippen MR) is 152 cm³/mol. The third kappa shape index (κ3) is 6.85. The summed E-state index contributed by atoms with van der Waals surface area (Å²) >= 11 is 0. The number of fused-ring (bicyclic) bond motifs is 1. The Morgan fingerprint density at radius 1 is 1.00 bits per heavy atom. The van der Waals surface area contributed by atoms with Gasteiger partial charge in [-0.05, 0) is 93.1 Å². The van der Waals surface area contributed by atoms with Gasteiger partial charge in [0.15, 0.2) is 0 Å². The number of nitrogens with zero attached hydrogens (tertiary/aromatic N) is 1. The Kier molecular flexibility index (Phi) is 7.42. The predicted octanol–water partition coefficient (Wildman–Crippen LogP) is 6.21. The summed E-state index contributed by atoms with van der Waals surface area (Å²) in [5, 5.41) is 5.91.